The third kappa shape index (κ3) is 3.33. The maximum atomic E-state index is 14.0. The highest BCUT2D eigenvalue weighted by atomic mass is 32.1. The van der Waals surface area contributed by atoms with E-state index in [1.807, 2.05) is 6.07 Å². The molecule has 0 saturated heterocycles. The minimum atomic E-state index is -2.21. The molecule has 0 spiro atoms. The Kier molecular flexibility index (Phi) is 4.98. The van der Waals surface area contributed by atoms with Gasteiger partial charge in [-0.05, 0) is 80.6 Å². The Balaban J connectivity index is 1.44. The van der Waals surface area contributed by atoms with Gasteiger partial charge in [-0.3, -0.25) is 0 Å². The van der Waals surface area contributed by atoms with Gasteiger partial charge in [-0.15, -0.1) is 0 Å². The first-order valence-electron chi connectivity index (χ1n) is 11.3. The smallest absolute Gasteiger partial charge is 0.241 e. The number of nitrogens with two attached hydrogens (primary N) is 1. The van der Waals surface area contributed by atoms with Gasteiger partial charge in [0.05, 0.1) is 4.99 Å². The van der Waals surface area contributed by atoms with E-state index in [1.54, 1.807) is 0 Å². The Morgan fingerprint density at radius 2 is 1.62 bits per heavy atom. The van der Waals surface area contributed by atoms with Crippen LogP contribution in [0, 0.1) is 23.2 Å². The number of hydrogen-bond acceptors (Lipinski definition) is 2. The zero-order valence-electron chi connectivity index (χ0n) is 17.0. The van der Waals surface area contributed by atoms with Crippen molar-refractivity contribution in [1.29, 1.82) is 0 Å². The number of halogens is 2. The average molecular weight is 419 g/mol. The third-order valence-electron chi connectivity index (χ3n) is 8.64. The lowest BCUT2D eigenvalue weighted by atomic mass is 9.40. The number of nitrogens with one attached hydrogen (secondary N) is 1. The molecular weight excluding hydrogens is 386 g/mol. The molecule has 0 aliphatic heterocycles. The number of thiocarbonyl (C=S) groups is 1. The first kappa shape index (κ1) is 19.9. The van der Waals surface area contributed by atoms with Gasteiger partial charge in [0.2, 0.25) is 6.43 Å². The van der Waals surface area contributed by atoms with Gasteiger partial charge in [0.15, 0.2) is 0 Å². The molecule has 29 heavy (non-hydrogen) atoms. The van der Waals surface area contributed by atoms with E-state index in [2.05, 4.69) is 29.6 Å². The highest BCUT2D eigenvalue weighted by Crippen LogP contribution is 2.68. The predicted molar refractivity (Wildman–Crippen MR) is 116 cm³/mol. The average Bonchev–Trinajstić information content (AvgIpc) is 2.69. The van der Waals surface area contributed by atoms with Gasteiger partial charge in [-0.1, -0.05) is 42.5 Å². The summed E-state index contributed by atoms with van der Waals surface area (Å²) in [6.07, 6.45) is 6.48. The minimum Gasteiger partial charge on any atom is -0.376 e. The standard InChI is InChI=1S/C24H32F2N2S/c25-21(26)20-15-10-23(17-4-2-1-3-5-17)11-16(20)13-24(12-15,14-23)22(29)28-19-8-6-18(27)7-9-19/h1-5,15-16,18-21H,6-14,27H2,(H,28,29)/t15?,16?,18-,19-,20?,23?,24?. The van der Waals surface area contributed by atoms with Crippen molar-refractivity contribution < 1.29 is 8.78 Å². The van der Waals surface area contributed by atoms with Crippen LogP contribution in [0.4, 0.5) is 8.78 Å². The van der Waals surface area contributed by atoms with E-state index in [4.69, 9.17) is 18.0 Å². The predicted octanol–water partition coefficient (Wildman–Crippen LogP) is 5.20. The fourth-order valence-corrected chi connectivity index (χ4v) is 8.00. The van der Waals surface area contributed by atoms with Crippen molar-refractivity contribution in [1.82, 2.24) is 5.32 Å². The summed E-state index contributed by atoms with van der Waals surface area (Å²) in [6, 6.07) is 11.3. The van der Waals surface area contributed by atoms with Gasteiger partial charge in [0.25, 0.3) is 0 Å². The second kappa shape index (κ2) is 7.26. The molecule has 4 bridgehead atoms. The van der Waals surface area contributed by atoms with Crippen LogP contribution in [-0.4, -0.2) is 23.5 Å². The van der Waals surface area contributed by atoms with Crippen LogP contribution in [0.1, 0.15) is 63.4 Å². The maximum Gasteiger partial charge on any atom is 0.241 e. The van der Waals surface area contributed by atoms with Gasteiger partial charge in [0, 0.05) is 23.4 Å². The van der Waals surface area contributed by atoms with E-state index in [-0.39, 0.29) is 22.7 Å². The number of alkyl halides is 2. The fraction of sp³-hybridized carbons (Fsp3) is 0.708. The summed E-state index contributed by atoms with van der Waals surface area (Å²) in [5.74, 6) is -0.289. The van der Waals surface area contributed by atoms with Crippen molar-refractivity contribution in [3.63, 3.8) is 0 Å². The molecule has 2 unspecified atom stereocenters. The van der Waals surface area contributed by atoms with E-state index in [9.17, 15) is 8.78 Å². The Bertz CT molecular complexity index is 743. The molecule has 5 aliphatic rings. The van der Waals surface area contributed by atoms with Crippen molar-refractivity contribution in [2.45, 2.75) is 81.7 Å². The lowest BCUT2D eigenvalue weighted by Crippen LogP contribution is -2.63. The van der Waals surface area contributed by atoms with E-state index < -0.39 is 12.3 Å². The largest absolute Gasteiger partial charge is 0.376 e. The Morgan fingerprint density at radius 1 is 1.00 bits per heavy atom. The van der Waals surface area contributed by atoms with E-state index in [0.717, 1.165) is 62.8 Å². The van der Waals surface area contributed by atoms with E-state index in [0.29, 0.717) is 12.1 Å². The highest BCUT2D eigenvalue weighted by molar-refractivity contribution is 7.80. The van der Waals surface area contributed by atoms with Crippen LogP contribution in [0.15, 0.2) is 30.3 Å². The van der Waals surface area contributed by atoms with Crippen molar-refractivity contribution in [2.24, 2.45) is 28.9 Å². The minimum absolute atomic E-state index is 0.0130. The van der Waals surface area contributed by atoms with Crippen LogP contribution >= 0.6 is 12.2 Å². The number of rotatable bonds is 4. The van der Waals surface area contributed by atoms with Gasteiger partial charge in [0.1, 0.15) is 0 Å². The summed E-state index contributed by atoms with van der Waals surface area (Å²) >= 11 is 6.03. The molecule has 1 aromatic rings. The molecular formula is C24H32F2N2S. The summed E-state index contributed by atoms with van der Waals surface area (Å²) in [4.78, 5) is 0.959. The van der Waals surface area contributed by atoms with Crippen LogP contribution in [-0.2, 0) is 5.41 Å². The Hall–Kier alpha value is -1.07. The highest BCUT2D eigenvalue weighted by Gasteiger charge is 2.64. The third-order valence-corrected chi connectivity index (χ3v) is 9.19. The number of benzene rings is 1. The van der Waals surface area contributed by atoms with E-state index in [1.165, 1.54) is 5.56 Å². The molecule has 158 valence electrons. The van der Waals surface area contributed by atoms with Crippen LogP contribution in [0.2, 0.25) is 0 Å². The lowest BCUT2D eigenvalue weighted by Gasteiger charge is -2.65. The summed E-state index contributed by atoms with van der Waals surface area (Å²) in [5, 5.41) is 3.70. The first-order chi connectivity index (χ1) is 13.9. The summed E-state index contributed by atoms with van der Waals surface area (Å²) < 4.78 is 28.0. The molecule has 0 aromatic heterocycles. The van der Waals surface area contributed by atoms with Crippen LogP contribution < -0.4 is 11.1 Å². The molecule has 6 rings (SSSR count). The van der Waals surface area contributed by atoms with Crippen molar-refractivity contribution in [3.05, 3.63) is 35.9 Å². The monoisotopic (exact) mass is 418 g/mol. The summed E-state index contributed by atoms with van der Waals surface area (Å²) in [5.41, 5.74) is 7.30. The van der Waals surface area contributed by atoms with Crippen molar-refractivity contribution in [2.75, 3.05) is 0 Å². The fourth-order valence-electron chi connectivity index (χ4n) is 7.59. The molecule has 1 aromatic carbocycles. The first-order valence-corrected chi connectivity index (χ1v) is 11.7. The van der Waals surface area contributed by atoms with Gasteiger partial charge < -0.3 is 11.1 Å². The second-order valence-corrected chi connectivity index (χ2v) is 10.8. The van der Waals surface area contributed by atoms with E-state index >= 15 is 0 Å². The van der Waals surface area contributed by atoms with Crippen LogP contribution in [0.5, 0.6) is 0 Å². The molecule has 3 N–H and O–H groups in total. The Labute approximate surface area is 178 Å². The molecule has 2 atom stereocenters. The van der Waals surface area contributed by atoms with Crippen molar-refractivity contribution in [3.8, 4) is 0 Å². The zero-order chi connectivity index (χ0) is 20.2. The molecule has 0 heterocycles. The van der Waals surface area contributed by atoms with Crippen molar-refractivity contribution >= 4 is 17.2 Å². The summed E-state index contributed by atoms with van der Waals surface area (Å²) in [7, 11) is 0. The molecule has 5 saturated carbocycles. The molecule has 5 aliphatic carbocycles. The molecule has 2 nitrogen and oxygen atoms in total. The lowest BCUT2D eigenvalue weighted by molar-refractivity contribution is -0.131. The SMILES string of the molecule is N[C@H]1CC[C@H](NC(=S)C23CC4CC(c5ccccc5)(CC(C2)C4C(F)F)C3)CC1. The second-order valence-electron chi connectivity index (χ2n) is 10.4. The van der Waals surface area contributed by atoms with Gasteiger partial charge in [-0.2, -0.15) is 0 Å². The topological polar surface area (TPSA) is 38.0 Å². The maximum absolute atomic E-state index is 14.0. The molecule has 5 fully saturated rings. The zero-order valence-corrected chi connectivity index (χ0v) is 17.8. The molecule has 0 amide bonds. The van der Waals surface area contributed by atoms with Crippen LogP contribution in [0.25, 0.3) is 0 Å². The van der Waals surface area contributed by atoms with Gasteiger partial charge in [-0.25, -0.2) is 8.78 Å². The summed E-state index contributed by atoms with van der Waals surface area (Å²) in [6.45, 7) is 0. The quantitative estimate of drug-likeness (QED) is 0.660. The molecule has 5 heteroatoms. The number of hydrogen-bond donors (Lipinski definition) is 2. The van der Waals surface area contributed by atoms with Gasteiger partial charge >= 0.3 is 0 Å². The molecule has 0 radical (unpaired) electrons. The van der Waals surface area contributed by atoms with Crippen LogP contribution in [0.3, 0.4) is 0 Å². The normalized spacial score (nSPS) is 43.5. The Morgan fingerprint density at radius 3 is 2.21 bits per heavy atom.